The Morgan fingerprint density at radius 1 is 0.511 bits per heavy atom. The van der Waals surface area contributed by atoms with E-state index in [9.17, 15) is 17.6 Å². The molecule has 3 aromatic rings. The molecule has 45 heavy (non-hydrogen) atoms. The highest BCUT2D eigenvalue weighted by Crippen LogP contribution is 2.45. The minimum atomic E-state index is -1.13. The molecule has 3 aromatic carbocycles. The van der Waals surface area contributed by atoms with E-state index < -0.39 is 34.9 Å². The van der Waals surface area contributed by atoms with Crippen molar-refractivity contribution in [2.45, 2.75) is 116 Å². The fourth-order valence-corrected chi connectivity index (χ4v) is 7.95. The van der Waals surface area contributed by atoms with Crippen molar-refractivity contribution in [1.82, 2.24) is 0 Å². The number of hydrogen-bond donors (Lipinski definition) is 0. The molecule has 2 aliphatic carbocycles. The summed E-state index contributed by atoms with van der Waals surface area (Å²) in [6.45, 7) is 3.86. The van der Waals surface area contributed by atoms with Gasteiger partial charge in [0.1, 0.15) is 0 Å². The Hall–Kier alpha value is -2.76. The monoisotopic (exact) mass is 628 g/mol. The fraction of sp³-hybridized carbons (Fsp3) is 0.538. The van der Waals surface area contributed by atoms with Gasteiger partial charge in [0.05, 0.1) is 0 Å². The second kappa shape index (κ2) is 15.2. The zero-order valence-corrected chi connectivity index (χ0v) is 26.6. The van der Waals surface area contributed by atoms with Crippen molar-refractivity contribution in [2.75, 3.05) is 0 Å². The Balaban J connectivity index is 1.12. The van der Waals surface area contributed by atoms with E-state index in [2.05, 4.69) is 0 Å². The normalized spacial score (nSPS) is 22.1. The minimum absolute atomic E-state index is 0.0742. The van der Waals surface area contributed by atoms with Gasteiger partial charge in [0.2, 0.25) is 0 Å². The number of halogens is 6. The van der Waals surface area contributed by atoms with Gasteiger partial charge in [-0.25, -0.2) is 26.3 Å². The van der Waals surface area contributed by atoms with E-state index in [-0.39, 0.29) is 28.2 Å². The van der Waals surface area contributed by atoms with E-state index >= 15 is 8.78 Å². The molecule has 2 fully saturated rings. The minimum Gasteiger partial charge on any atom is -0.203 e. The fourth-order valence-electron chi connectivity index (χ4n) is 7.95. The van der Waals surface area contributed by atoms with E-state index in [1.807, 2.05) is 13.8 Å². The molecule has 6 heteroatoms. The molecule has 0 bridgehead atoms. The third-order valence-corrected chi connectivity index (χ3v) is 10.8. The molecule has 0 spiro atoms. The molecule has 244 valence electrons. The molecule has 0 atom stereocenters. The highest BCUT2D eigenvalue weighted by atomic mass is 19.2. The lowest BCUT2D eigenvalue weighted by Crippen LogP contribution is -2.26. The van der Waals surface area contributed by atoms with Crippen molar-refractivity contribution in [3.05, 3.63) is 93.6 Å². The summed E-state index contributed by atoms with van der Waals surface area (Å²) < 4.78 is 88.9. The molecule has 5 rings (SSSR count). The Bertz CT molecular complexity index is 1450. The summed E-state index contributed by atoms with van der Waals surface area (Å²) in [7, 11) is 0. The Morgan fingerprint density at radius 2 is 1.02 bits per heavy atom. The maximum Gasteiger partial charge on any atom is 0.167 e. The largest absolute Gasteiger partial charge is 0.203 e. The Kier molecular flexibility index (Phi) is 11.4. The lowest BCUT2D eigenvalue weighted by atomic mass is 9.68. The standard InChI is InChI=1S/C39H46F6/c1-3-5-6-7-29-19-22-32(38(44)35(29)41)33-23-20-30(36(42)39(33)45)13-10-24-8-11-26(12-9-24)27-14-16-28(17-15-27)31-21-18-25(4-2)34(40)37(31)43/h18-24,26-28H,3-17H2,1-2H3. The number of unbranched alkanes of at least 4 members (excludes halogenated alkanes) is 2. The Morgan fingerprint density at radius 3 is 1.58 bits per heavy atom. The first-order valence-corrected chi connectivity index (χ1v) is 17.1. The summed E-state index contributed by atoms with van der Waals surface area (Å²) in [5.41, 5.74) is 0.968. The molecule has 0 unspecified atom stereocenters. The van der Waals surface area contributed by atoms with Crippen molar-refractivity contribution >= 4 is 0 Å². The summed E-state index contributed by atoms with van der Waals surface area (Å²) in [5, 5.41) is 0. The first-order chi connectivity index (χ1) is 21.7. The quantitative estimate of drug-likeness (QED) is 0.146. The van der Waals surface area contributed by atoms with Gasteiger partial charge in [-0.3, -0.25) is 0 Å². The van der Waals surface area contributed by atoms with Gasteiger partial charge < -0.3 is 0 Å². The molecule has 2 saturated carbocycles. The van der Waals surface area contributed by atoms with Gasteiger partial charge in [-0.1, -0.05) is 75.9 Å². The molecule has 0 aliphatic heterocycles. The average Bonchev–Trinajstić information content (AvgIpc) is 3.06. The zero-order valence-electron chi connectivity index (χ0n) is 26.6. The highest BCUT2D eigenvalue weighted by Gasteiger charge is 2.33. The third kappa shape index (κ3) is 7.46. The van der Waals surface area contributed by atoms with Gasteiger partial charge in [0.25, 0.3) is 0 Å². The third-order valence-electron chi connectivity index (χ3n) is 10.8. The van der Waals surface area contributed by atoms with Crippen LogP contribution in [0.15, 0.2) is 36.4 Å². The number of aryl methyl sites for hydroxylation is 3. The topological polar surface area (TPSA) is 0 Å². The van der Waals surface area contributed by atoms with Crippen molar-refractivity contribution in [2.24, 2.45) is 17.8 Å². The van der Waals surface area contributed by atoms with E-state index in [0.29, 0.717) is 48.1 Å². The lowest BCUT2D eigenvalue weighted by molar-refractivity contribution is 0.156. The molecule has 0 heterocycles. The first kappa shape index (κ1) is 33.6. The van der Waals surface area contributed by atoms with Crippen molar-refractivity contribution in [1.29, 1.82) is 0 Å². The van der Waals surface area contributed by atoms with Gasteiger partial charge in [-0.15, -0.1) is 0 Å². The molecule has 0 saturated heterocycles. The van der Waals surface area contributed by atoms with Crippen LogP contribution in [0, 0.1) is 52.7 Å². The van der Waals surface area contributed by atoms with E-state index in [4.69, 9.17) is 0 Å². The van der Waals surface area contributed by atoms with Crippen LogP contribution in [0.1, 0.15) is 119 Å². The molecular weight excluding hydrogens is 582 g/mol. The number of hydrogen-bond acceptors (Lipinski definition) is 0. The summed E-state index contributed by atoms with van der Waals surface area (Å²) in [6, 6.07) is 9.21. The van der Waals surface area contributed by atoms with Crippen LogP contribution < -0.4 is 0 Å². The van der Waals surface area contributed by atoms with Crippen molar-refractivity contribution < 1.29 is 26.3 Å². The van der Waals surface area contributed by atoms with Crippen LogP contribution in [0.4, 0.5) is 26.3 Å². The van der Waals surface area contributed by atoms with Crippen LogP contribution in [-0.2, 0) is 19.3 Å². The van der Waals surface area contributed by atoms with Crippen molar-refractivity contribution in [3.8, 4) is 11.1 Å². The van der Waals surface area contributed by atoms with Crippen LogP contribution in [0.2, 0.25) is 0 Å². The number of rotatable bonds is 11. The Labute approximate surface area is 264 Å². The molecule has 2 aliphatic rings. The van der Waals surface area contributed by atoms with Crippen molar-refractivity contribution in [3.63, 3.8) is 0 Å². The first-order valence-electron chi connectivity index (χ1n) is 17.1. The molecule has 0 aromatic heterocycles. The molecule has 0 amide bonds. The summed E-state index contributed by atoms with van der Waals surface area (Å²) in [5.74, 6) is -3.87. The maximum absolute atomic E-state index is 15.1. The van der Waals surface area contributed by atoms with Gasteiger partial charge >= 0.3 is 0 Å². The lowest BCUT2D eigenvalue weighted by Gasteiger charge is -2.38. The van der Waals surface area contributed by atoms with Crippen LogP contribution in [0.25, 0.3) is 11.1 Å². The van der Waals surface area contributed by atoms with Crippen LogP contribution >= 0.6 is 0 Å². The predicted molar refractivity (Wildman–Crippen MR) is 169 cm³/mol. The molecule has 0 nitrogen and oxygen atoms in total. The van der Waals surface area contributed by atoms with Crippen LogP contribution in [0.5, 0.6) is 0 Å². The SMILES string of the molecule is CCCCCc1ccc(-c2ccc(CCC3CCC(C4CCC(c5ccc(CC)c(F)c5F)CC4)CC3)c(F)c2F)c(F)c1F. The van der Waals surface area contributed by atoms with Crippen LogP contribution in [0.3, 0.4) is 0 Å². The average molecular weight is 629 g/mol. The summed E-state index contributed by atoms with van der Waals surface area (Å²) in [6.07, 6.45) is 12.8. The predicted octanol–water partition coefficient (Wildman–Crippen LogP) is 12.2. The zero-order chi connectivity index (χ0) is 32.1. The highest BCUT2D eigenvalue weighted by molar-refractivity contribution is 5.66. The van der Waals surface area contributed by atoms with Gasteiger partial charge in [0, 0.05) is 11.1 Å². The summed E-state index contributed by atoms with van der Waals surface area (Å²) >= 11 is 0. The maximum atomic E-state index is 15.1. The number of benzene rings is 3. The van der Waals surface area contributed by atoms with E-state index in [1.165, 1.54) is 24.3 Å². The molecule has 0 N–H and O–H groups in total. The van der Waals surface area contributed by atoms with Gasteiger partial charge in [0.15, 0.2) is 34.9 Å². The smallest absolute Gasteiger partial charge is 0.167 e. The molecule has 0 radical (unpaired) electrons. The second-order valence-corrected chi connectivity index (χ2v) is 13.5. The molecular formula is C39H46F6. The van der Waals surface area contributed by atoms with Gasteiger partial charge in [-0.2, -0.15) is 0 Å². The summed E-state index contributed by atoms with van der Waals surface area (Å²) in [4.78, 5) is 0. The van der Waals surface area contributed by atoms with E-state index in [0.717, 1.165) is 77.0 Å². The van der Waals surface area contributed by atoms with E-state index in [1.54, 1.807) is 12.1 Å². The second-order valence-electron chi connectivity index (χ2n) is 13.5. The van der Waals surface area contributed by atoms with Gasteiger partial charge in [-0.05, 0) is 117 Å². The van der Waals surface area contributed by atoms with Crippen LogP contribution in [-0.4, -0.2) is 0 Å².